The van der Waals surface area contributed by atoms with Crippen molar-refractivity contribution in [1.82, 2.24) is 15.0 Å². The van der Waals surface area contributed by atoms with Crippen LogP contribution in [-0.4, -0.2) is 63.4 Å². The van der Waals surface area contributed by atoms with Crippen LogP contribution in [0, 0.1) is 0 Å². The molecule has 2 heterocycles. The van der Waals surface area contributed by atoms with E-state index < -0.39 is 29.2 Å². The SMILES string of the molecule is CCC.CCCCCc1ccc2[nH]c(=O)oc(=O)c2c1.CCCCCc1ccc2nc(-c3c(O)ccc4ccccc34)[nH]c(=O)c2c1.NC(=O)c1c(O)ccc2ccccc12.O=C(O)c1c(O)ccc2ccccc12.O=C(O)c1ccccc1O. The van der Waals surface area contributed by atoms with Gasteiger partial charge in [0.05, 0.1) is 32.9 Å². The molecule has 0 aliphatic rings. The van der Waals surface area contributed by atoms with Gasteiger partial charge in [-0.05, 0) is 124 Å². The number of phenolic OH excluding ortho intramolecular Hbond substituents is 1. The molecule has 0 saturated heterocycles. The summed E-state index contributed by atoms with van der Waals surface area (Å²) in [6.45, 7) is 8.58. The molecule has 0 radical (unpaired) electrons. The molecule has 0 unspecified atom stereocenters. The van der Waals surface area contributed by atoms with E-state index >= 15 is 0 Å². The van der Waals surface area contributed by atoms with Crippen molar-refractivity contribution in [2.24, 2.45) is 5.73 Å². The fraction of sp³-hybridized carbons (Fsp3) is 0.191. The average Bonchev–Trinajstić information content (AvgIpc) is 2.32. The maximum Gasteiger partial charge on any atom is 0.419 e. The van der Waals surface area contributed by atoms with Crippen LogP contribution in [0.5, 0.6) is 23.0 Å². The molecule has 0 atom stereocenters. The normalized spacial score (nSPS) is 10.4. The van der Waals surface area contributed by atoms with E-state index in [1.807, 2.05) is 72.8 Å². The predicted molar refractivity (Wildman–Crippen MR) is 334 cm³/mol. The number of benzene rings is 9. The second-order valence-electron chi connectivity index (χ2n) is 19.6. The number of fused-ring (bicyclic) bond motifs is 5. The summed E-state index contributed by atoms with van der Waals surface area (Å²) in [5, 5.41) is 61.3. The second-order valence-corrected chi connectivity index (χ2v) is 19.6. The highest BCUT2D eigenvalue weighted by Crippen LogP contribution is 2.35. The van der Waals surface area contributed by atoms with Gasteiger partial charge in [-0.2, -0.15) is 0 Å². The summed E-state index contributed by atoms with van der Waals surface area (Å²) in [6.07, 6.45) is 10.1. The molecule has 85 heavy (non-hydrogen) atoms. The number of hydrogen-bond acceptors (Lipinski definition) is 12. The molecule has 0 aliphatic heterocycles. The lowest BCUT2D eigenvalue weighted by molar-refractivity contribution is 0.0683. The number of carboxylic acids is 2. The smallest absolute Gasteiger partial charge is 0.419 e. The largest absolute Gasteiger partial charge is 0.507 e. The molecule has 438 valence electrons. The van der Waals surface area contributed by atoms with Gasteiger partial charge in [0.15, 0.2) is 0 Å². The molecule has 0 fully saturated rings. The van der Waals surface area contributed by atoms with Gasteiger partial charge in [0.1, 0.15) is 39.9 Å². The van der Waals surface area contributed by atoms with Crippen LogP contribution in [0.2, 0.25) is 0 Å². The summed E-state index contributed by atoms with van der Waals surface area (Å²) in [7, 11) is 0. The van der Waals surface area contributed by atoms with Crippen LogP contribution < -0.4 is 22.7 Å². The highest BCUT2D eigenvalue weighted by atomic mass is 16.4. The van der Waals surface area contributed by atoms with E-state index in [0.717, 1.165) is 58.4 Å². The Morgan fingerprint density at radius 2 is 0.976 bits per heavy atom. The van der Waals surface area contributed by atoms with E-state index in [1.54, 1.807) is 72.8 Å². The minimum absolute atomic E-state index is 0.0388. The van der Waals surface area contributed by atoms with E-state index in [9.17, 15) is 44.1 Å². The third kappa shape index (κ3) is 17.0. The lowest BCUT2D eigenvalue weighted by atomic mass is 10.0. The molecular weight excluding hydrogens is 1080 g/mol. The summed E-state index contributed by atoms with van der Waals surface area (Å²) in [6, 6.07) is 49.1. The quantitative estimate of drug-likeness (QED) is 0.0514. The van der Waals surface area contributed by atoms with Crippen LogP contribution >= 0.6 is 0 Å². The fourth-order valence-electron chi connectivity index (χ4n) is 9.08. The van der Waals surface area contributed by atoms with E-state index in [4.69, 9.17) is 21.1 Å². The number of para-hydroxylation sites is 1. The Labute approximate surface area is 489 Å². The van der Waals surface area contributed by atoms with Crippen molar-refractivity contribution in [2.75, 3.05) is 0 Å². The van der Waals surface area contributed by atoms with Crippen LogP contribution in [0.3, 0.4) is 0 Å². The van der Waals surface area contributed by atoms with Crippen LogP contribution in [0.4, 0.5) is 0 Å². The molecule has 0 spiro atoms. The first-order chi connectivity index (χ1) is 40.9. The van der Waals surface area contributed by atoms with E-state index in [0.29, 0.717) is 44.0 Å². The summed E-state index contributed by atoms with van der Waals surface area (Å²) < 4.78 is 4.50. The number of carbonyl (C=O) groups is 3. The number of nitrogens with two attached hydrogens (primary N) is 1. The zero-order valence-electron chi connectivity index (χ0n) is 47.6. The van der Waals surface area contributed by atoms with Gasteiger partial charge in [-0.25, -0.2) is 24.2 Å². The summed E-state index contributed by atoms with van der Waals surface area (Å²) in [5.74, 6) is -3.52. The Morgan fingerprint density at radius 3 is 1.51 bits per heavy atom. The number of aromatic hydroxyl groups is 4. The highest BCUT2D eigenvalue weighted by molar-refractivity contribution is 6.09. The summed E-state index contributed by atoms with van der Waals surface area (Å²) in [4.78, 5) is 77.4. The van der Waals surface area contributed by atoms with E-state index in [1.165, 1.54) is 56.4 Å². The maximum absolute atomic E-state index is 12.7. The zero-order chi connectivity index (χ0) is 61.6. The number of unbranched alkanes of at least 4 members (excludes halogenated alkanes) is 4. The number of hydrogen-bond donors (Lipinski definition) is 9. The Morgan fingerprint density at radius 1 is 0.494 bits per heavy atom. The van der Waals surface area contributed by atoms with Crippen molar-refractivity contribution >= 4 is 72.0 Å². The van der Waals surface area contributed by atoms with Crippen LogP contribution in [0.1, 0.15) is 115 Å². The molecule has 1 amide bonds. The minimum atomic E-state index is -1.11. The average molecular weight is 1150 g/mol. The molecule has 11 aromatic rings. The maximum atomic E-state index is 12.7. The van der Waals surface area contributed by atoms with Crippen LogP contribution in [0.15, 0.2) is 189 Å². The number of carboxylic acid groups (broad SMARTS) is 2. The lowest BCUT2D eigenvalue weighted by Gasteiger charge is -2.10. The molecule has 2 aromatic heterocycles. The third-order valence-corrected chi connectivity index (χ3v) is 13.2. The van der Waals surface area contributed by atoms with Gasteiger partial charge < -0.3 is 45.8 Å². The third-order valence-electron chi connectivity index (χ3n) is 13.2. The number of nitrogens with one attached hydrogen (secondary N) is 2. The predicted octanol–water partition coefficient (Wildman–Crippen LogP) is 13.8. The monoisotopic (exact) mass is 1150 g/mol. The Kier molecular flexibility index (Phi) is 23.2. The Hall–Kier alpha value is -10.6. The van der Waals surface area contributed by atoms with Crippen molar-refractivity contribution in [3.8, 4) is 34.4 Å². The first-order valence-electron chi connectivity index (χ1n) is 27.8. The molecule has 17 nitrogen and oxygen atoms in total. The van der Waals surface area contributed by atoms with Crippen molar-refractivity contribution in [2.45, 2.75) is 85.5 Å². The molecule has 0 aliphatic carbocycles. The Balaban J connectivity index is 0.000000175. The van der Waals surface area contributed by atoms with Crippen molar-refractivity contribution in [3.05, 3.63) is 229 Å². The number of amides is 1. The highest BCUT2D eigenvalue weighted by Gasteiger charge is 2.16. The molecule has 9 aromatic carbocycles. The van der Waals surface area contributed by atoms with Gasteiger partial charge in [0.25, 0.3) is 11.5 Å². The van der Waals surface area contributed by atoms with Crippen LogP contribution in [0.25, 0.3) is 65.5 Å². The van der Waals surface area contributed by atoms with Crippen molar-refractivity contribution < 1.29 is 49.4 Å². The van der Waals surface area contributed by atoms with Gasteiger partial charge in [0.2, 0.25) is 0 Å². The van der Waals surface area contributed by atoms with Crippen molar-refractivity contribution in [3.63, 3.8) is 0 Å². The number of aromatic carboxylic acids is 2. The second kappa shape index (κ2) is 31.0. The topological polar surface area (TPSA) is 307 Å². The van der Waals surface area contributed by atoms with E-state index in [2.05, 4.69) is 47.1 Å². The number of aromatic amines is 2. The van der Waals surface area contributed by atoms with E-state index in [-0.39, 0.29) is 45.2 Å². The number of phenols is 4. The van der Waals surface area contributed by atoms with Gasteiger partial charge in [-0.1, -0.05) is 175 Å². The molecule has 0 saturated carbocycles. The van der Waals surface area contributed by atoms with Gasteiger partial charge >= 0.3 is 23.3 Å². The summed E-state index contributed by atoms with van der Waals surface area (Å²) >= 11 is 0. The van der Waals surface area contributed by atoms with Crippen LogP contribution in [-0.2, 0) is 12.8 Å². The molecule has 17 heteroatoms. The number of aromatic nitrogens is 3. The van der Waals surface area contributed by atoms with Gasteiger partial charge in [0, 0.05) is 0 Å². The number of primary amides is 1. The summed E-state index contributed by atoms with van der Waals surface area (Å²) in [5.41, 5.74) is 8.50. The molecule has 11 rings (SSSR count). The molecular formula is C68H68N4O13. The fourth-order valence-corrected chi connectivity index (χ4v) is 9.08. The molecule has 10 N–H and O–H groups in total. The number of H-pyrrole nitrogens is 2. The first kappa shape index (κ1) is 63.6. The zero-order valence-corrected chi connectivity index (χ0v) is 47.6. The van der Waals surface area contributed by atoms with Gasteiger partial charge in [-0.15, -0.1) is 0 Å². The molecule has 0 bridgehead atoms. The van der Waals surface area contributed by atoms with Crippen molar-refractivity contribution in [1.29, 1.82) is 0 Å². The number of rotatable bonds is 12. The Bertz CT molecular complexity index is 4210. The number of carbonyl (C=O) groups excluding carboxylic acids is 1. The lowest BCUT2D eigenvalue weighted by Crippen LogP contribution is -2.14. The van der Waals surface area contributed by atoms with Gasteiger partial charge in [-0.3, -0.25) is 14.6 Å². The first-order valence-corrected chi connectivity index (χ1v) is 27.8. The standard InChI is InChI=1S/C23H22N2O2.C13H15NO3.C11H9NO2.C11H8O3.C7H6O3.C3H8/c1-2-3-4-7-15-10-12-19-18(14-15)23(27)25-22(24-19)21-17-9-6-5-8-16(17)11-13-20(21)26;1-2-3-4-5-9-6-7-11-10(8-9)12(15)17-13(16)14-11;12-11(14)10-8-4-2-1-3-7(8)5-6-9(10)13;12-9-6-5-7-3-1-2-4-8(7)10(9)11(13)14;8-6-4-2-1-3-5(6)7(9)10;1-3-2/h5-6,8-14,26H,2-4,7H2,1H3,(H,24,25,27);6-8H,2-5H2,1H3,(H,14,16);1-6,13H,(H2,12,14);1-6,12H,(H,13,14);1-4,8H,(H,9,10);3H2,1-2H3. The number of aryl methyl sites for hydroxylation is 2. The minimum Gasteiger partial charge on any atom is -0.507 e. The number of nitrogens with zero attached hydrogens (tertiary/aromatic N) is 1.